The van der Waals surface area contributed by atoms with Crippen molar-refractivity contribution in [1.29, 1.82) is 0 Å². The number of anilines is 2. The second-order valence-electron chi connectivity index (χ2n) is 10.5. The summed E-state index contributed by atoms with van der Waals surface area (Å²) in [6.07, 6.45) is -2.32. The van der Waals surface area contributed by atoms with Crippen molar-refractivity contribution in [1.82, 2.24) is 4.90 Å². The Kier molecular flexibility index (Phi) is 8.32. The Balaban J connectivity index is 1.11. The summed E-state index contributed by atoms with van der Waals surface area (Å²) < 4.78 is 46.1. The summed E-state index contributed by atoms with van der Waals surface area (Å²) in [7, 11) is 0. The van der Waals surface area contributed by atoms with Crippen molar-refractivity contribution in [3.8, 4) is 5.75 Å². The number of nitrogens with zero attached hydrogens (tertiary/aromatic N) is 3. The minimum absolute atomic E-state index is 0.110. The quantitative estimate of drug-likeness (QED) is 0.205. The molecule has 2 fully saturated rings. The van der Waals surface area contributed by atoms with Crippen molar-refractivity contribution in [2.45, 2.75) is 50.2 Å². The fraction of sp³-hybridized carbons (Fsp3) is 0.414. The molecule has 5 rings (SSSR count). The number of benzene rings is 3. The first-order valence-electron chi connectivity index (χ1n) is 13.6. The van der Waals surface area contributed by atoms with Gasteiger partial charge in [-0.2, -0.15) is 13.2 Å². The first kappa shape index (κ1) is 28.6. The molecule has 1 aliphatic heterocycles. The summed E-state index contributed by atoms with van der Waals surface area (Å²) in [5.74, 6) is 0.229. The third-order valence-corrected chi connectivity index (χ3v) is 7.84. The predicted octanol–water partition coefficient (Wildman–Crippen LogP) is 5.56. The number of piperazine rings is 1. The number of phenols is 1. The summed E-state index contributed by atoms with van der Waals surface area (Å²) in [6.45, 7) is 2.75. The molecule has 3 aromatic carbocycles. The van der Waals surface area contributed by atoms with E-state index in [-0.39, 0.29) is 23.6 Å². The summed E-state index contributed by atoms with van der Waals surface area (Å²) >= 11 is 0. The van der Waals surface area contributed by atoms with Gasteiger partial charge in [0.15, 0.2) is 12.5 Å². The number of alkyl halides is 3. The SMILES string of the molecule is O=CC(OC1CCC(Nc2ccc([N+](=O)[O-])c(C(F)(F)F)c2)CC1)N1CCN(c2ccc3cc(O)ccc3c2)CC1. The summed E-state index contributed by atoms with van der Waals surface area (Å²) in [6, 6.07) is 14.2. The summed E-state index contributed by atoms with van der Waals surface area (Å²) in [4.78, 5) is 26.2. The molecule has 1 saturated heterocycles. The number of rotatable bonds is 8. The van der Waals surface area contributed by atoms with E-state index in [4.69, 9.17) is 4.74 Å². The maximum atomic E-state index is 13.3. The molecule has 0 bridgehead atoms. The number of nitrogens with one attached hydrogen (secondary N) is 1. The van der Waals surface area contributed by atoms with Crippen LogP contribution in [0.1, 0.15) is 31.2 Å². The van der Waals surface area contributed by atoms with E-state index in [1.807, 2.05) is 23.1 Å². The highest BCUT2D eigenvalue weighted by molar-refractivity contribution is 5.87. The van der Waals surface area contributed by atoms with Crippen molar-refractivity contribution >= 4 is 34.1 Å². The van der Waals surface area contributed by atoms with Gasteiger partial charge in [0.2, 0.25) is 0 Å². The molecule has 1 saturated carbocycles. The molecule has 1 aliphatic carbocycles. The minimum Gasteiger partial charge on any atom is -0.508 e. The Morgan fingerprint density at radius 3 is 2.32 bits per heavy atom. The Morgan fingerprint density at radius 2 is 1.66 bits per heavy atom. The molecular formula is C29H31F3N4O5. The highest BCUT2D eigenvalue weighted by atomic mass is 19.4. The molecule has 0 amide bonds. The van der Waals surface area contributed by atoms with Crippen LogP contribution in [-0.2, 0) is 15.7 Å². The van der Waals surface area contributed by atoms with E-state index in [9.17, 15) is 33.2 Å². The molecule has 0 spiro atoms. The molecule has 2 aliphatic rings. The molecule has 1 unspecified atom stereocenters. The maximum Gasteiger partial charge on any atom is 0.423 e. The lowest BCUT2D eigenvalue weighted by atomic mass is 9.92. The number of phenolic OH excluding ortho intramolecular Hbond substituents is 1. The normalized spacial score (nSPS) is 21.0. The molecule has 218 valence electrons. The fourth-order valence-electron chi connectivity index (χ4n) is 5.64. The number of hydrogen-bond donors (Lipinski definition) is 2. The van der Waals surface area contributed by atoms with Crippen molar-refractivity contribution in [3.05, 3.63) is 70.3 Å². The molecule has 0 aromatic heterocycles. The Bertz CT molecular complexity index is 1400. The average Bonchev–Trinajstić information content (AvgIpc) is 2.96. The molecule has 41 heavy (non-hydrogen) atoms. The van der Waals surface area contributed by atoms with Crippen molar-refractivity contribution in [2.24, 2.45) is 0 Å². The number of aromatic hydroxyl groups is 1. The van der Waals surface area contributed by atoms with Crippen molar-refractivity contribution in [3.63, 3.8) is 0 Å². The second-order valence-corrected chi connectivity index (χ2v) is 10.5. The number of hydrogen-bond acceptors (Lipinski definition) is 8. The molecule has 2 N–H and O–H groups in total. The number of nitro benzene ring substituents is 1. The van der Waals surface area contributed by atoms with Crippen LogP contribution < -0.4 is 10.2 Å². The highest BCUT2D eigenvalue weighted by Gasteiger charge is 2.38. The van der Waals surface area contributed by atoms with Crippen LogP contribution in [0.2, 0.25) is 0 Å². The number of ether oxygens (including phenoxy) is 1. The van der Waals surface area contributed by atoms with Crippen LogP contribution in [0.25, 0.3) is 10.8 Å². The molecule has 1 heterocycles. The fourth-order valence-corrected chi connectivity index (χ4v) is 5.64. The number of carbonyl (C=O) groups is 1. The van der Waals surface area contributed by atoms with Gasteiger partial charge in [0.1, 0.15) is 11.3 Å². The van der Waals surface area contributed by atoms with Gasteiger partial charge in [-0.15, -0.1) is 0 Å². The van der Waals surface area contributed by atoms with Gasteiger partial charge < -0.3 is 20.1 Å². The van der Waals surface area contributed by atoms with Crippen molar-refractivity contribution in [2.75, 3.05) is 36.4 Å². The highest BCUT2D eigenvalue weighted by Crippen LogP contribution is 2.38. The number of nitro groups is 1. The van der Waals surface area contributed by atoms with Gasteiger partial charge in [-0.25, -0.2) is 0 Å². The summed E-state index contributed by atoms with van der Waals surface area (Å²) in [5, 5.41) is 25.8. The average molecular weight is 573 g/mol. The van der Waals surface area contributed by atoms with Crippen LogP contribution in [-0.4, -0.2) is 65.8 Å². The van der Waals surface area contributed by atoms with Crippen LogP contribution in [0.15, 0.2) is 54.6 Å². The smallest absolute Gasteiger partial charge is 0.423 e. The van der Waals surface area contributed by atoms with Crippen LogP contribution >= 0.6 is 0 Å². The lowest BCUT2D eigenvalue weighted by Gasteiger charge is -2.40. The van der Waals surface area contributed by atoms with E-state index >= 15 is 0 Å². The predicted molar refractivity (Wildman–Crippen MR) is 148 cm³/mol. The van der Waals surface area contributed by atoms with Gasteiger partial charge in [0.25, 0.3) is 5.69 Å². The topological polar surface area (TPSA) is 108 Å². The molecule has 0 radical (unpaired) electrons. The number of aldehydes is 1. The zero-order chi connectivity index (χ0) is 29.1. The maximum absolute atomic E-state index is 13.3. The van der Waals surface area contributed by atoms with Crippen LogP contribution in [0.4, 0.5) is 30.2 Å². The van der Waals surface area contributed by atoms with Gasteiger partial charge in [0.05, 0.1) is 11.0 Å². The lowest BCUT2D eigenvalue weighted by molar-refractivity contribution is -0.388. The van der Waals surface area contributed by atoms with Gasteiger partial charge in [-0.1, -0.05) is 12.1 Å². The summed E-state index contributed by atoms with van der Waals surface area (Å²) in [5.41, 5.74) is -0.994. The monoisotopic (exact) mass is 572 g/mol. The molecular weight excluding hydrogens is 541 g/mol. The Morgan fingerprint density at radius 1 is 0.976 bits per heavy atom. The number of fused-ring (bicyclic) bond motifs is 1. The first-order chi connectivity index (χ1) is 19.6. The number of halogens is 3. The van der Waals surface area contributed by atoms with E-state index in [1.165, 1.54) is 6.07 Å². The van der Waals surface area contributed by atoms with Gasteiger partial charge in [-0.3, -0.25) is 19.8 Å². The third kappa shape index (κ3) is 6.71. The van der Waals surface area contributed by atoms with Gasteiger partial charge in [0, 0.05) is 49.7 Å². The molecule has 9 nitrogen and oxygen atoms in total. The zero-order valence-corrected chi connectivity index (χ0v) is 22.2. The Hall–Kier alpha value is -3.90. The Labute approximate surface area is 234 Å². The van der Waals surface area contributed by atoms with Crippen molar-refractivity contribution < 1.29 is 32.7 Å². The van der Waals surface area contributed by atoms with E-state index in [0.717, 1.165) is 48.0 Å². The van der Waals surface area contributed by atoms with E-state index in [0.29, 0.717) is 38.8 Å². The number of carbonyl (C=O) groups excluding carboxylic acids is 1. The molecule has 3 aromatic rings. The van der Waals surface area contributed by atoms with E-state index in [2.05, 4.69) is 16.3 Å². The van der Waals surface area contributed by atoms with Crippen LogP contribution in [0.5, 0.6) is 5.75 Å². The third-order valence-electron chi connectivity index (χ3n) is 7.84. The molecule has 12 heteroatoms. The first-order valence-corrected chi connectivity index (χ1v) is 13.6. The minimum atomic E-state index is -4.83. The van der Waals surface area contributed by atoms with Gasteiger partial charge >= 0.3 is 6.18 Å². The van der Waals surface area contributed by atoms with E-state index in [1.54, 1.807) is 12.1 Å². The van der Waals surface area contributed by atoms with Crippen LogP contribution in [0, 0.1) is 10.1 Å². The standard InChI is InChI=1S/C29H31F3N4O5/c30-29(31,32)26-17-22(5-10-27(26)36(39)40)33-21-3-8-25(9-4-21)41-28(18-37)35-13-11-34(12-14-35)23-6-1-20-16-24(38)7-2-19(20)15-23/h1-2,5-7,10,15-18,21,25,28,33,38H,3-4,8-9,11-14H2. The zero-order valence-electron chi connectivity index (χ0n) is 22.2. The second kappa shape index (κ2) is 11.9. The lowest BCUT2D eigenvalue weighted by Crippen LogP contribution is -2.52. The molecule has 1 atom stereocenters. The van der Waals surface area contributed by atoms with E-state index < -0.39 is 28.6 Å². The largest absolute Gasteiger partial charge is 0.508 e. The van der Waals surface area contributed by atoms with Crippen LogP contribution in [0.3, 0.4) is 0 Å². The van der Waals surface area contributed by atoms with Gasteiger partial charge in [-0.05, 0) is 72.9 Å².